The van der Waals surface area contributed by atoms with E-state index in [1.807, 2.05) is 36.4 Å². The van der Waals surface area contributed by atoms with Crippen LogP contribution in [0.2, 0.25) is 0 Å². The van der Waals surface area contributed by atoms with Gasteiger partial charge in [0.15, 0.2) is 11.5 Å². The van der Waals surface area contributed by atoms with Crippen LogP contribution in [0.3, 0.4) is 0 Å². The molecule has 1 N–H and O–H groups in total. The SMILES string of the molecule is CCOC(=O)[C@H](Cc1ccccc1)NC(=O)[C@H]1COc2ccccc2O1. The molecule has 6 heteroatoms. The van der Waals surface area contributed by atoms with Gasteiger partial charge in [-0.05, 0) is 24.6 Å². The normalized spacial score (nSPS) is 16.4. The zero-order valence-electron chi connectivity index (χ0n) is 14.5. The van der Waals surface area contributed by atoms with Gasteiger partial charge in [0.2, 0.25) is 6.10 Å². The van der Waals surface area contributed by atoms with Crippen LogP contribution in [-0.4, -0.2) is 37.2 Å². The second-order valence-corrected chi connectivity index (χ2v) is 5.87. The van der Waals surface area contributed by atoms with E-state index in [1.54, 1.807) is 25.1 Å². The second-order valence-electron chi connectivity index (χ2n) is 5.87. The third-order valence-electron chi connectivity index (χ3n) is 3.97. The summed E-state index contributed by atoms with van der Waals surface area (Å²) in [4.78, 5) is 24.8. The molecule has 0 saturated heterocycles. The van der Waals surface area contributed by atoms with E-state index in [0.29, 0.717) is 17.9 Å². The van der Waals surface area contributed by atoms with Crippen LogP contribution in [0.15, 0.2) is 54.6 Å². The Labute approximate surface area is 152 Å². The van der Waals surface area contributed by atoms with Crippen molar-refractivity contribution in [3.8, 4) is 11.5 Å². The molecule has 1 aliphatic rings. The highest BCUT2D eigenvalue weighted by Crippen LogP contribution is 2.30. The number of benzene rings is 2. The number of hydrogen-bond donors (Lipinski definition) is 1. The monoisotopic (exact) mass is 355 g/mol. The average molecular weight is 355 g/mol. The Hall–Kier alpha value is -3.02. The van der Waals surface area contributed by atoms with Crippen molar-refractivity contribution in [3.63, 3.8) is 0 Å². The third kappa shape index (κ3) is 4.33. The molecule has 0 aromatic heterocycles. The van der Waals surface area contributed by atoms with Crippen molar-refractivity contribution in [1.82, 2.24) is 5.32 Å². The van der Waals surface area contributed by atoms with Crippen LogP contribution in [0, 0.1) is 0 Å². The molecule has 1 heterocycles. The van der Waals surface area contributed by atoms with Gasteiger partial charge >= 0.3 is 5.97 Å². The maximum absolute atomic E-state index is 12.6. The van der Waals surface area contributed by atoms with Crippen molar-refractivity contribution in [2.24, 2.45) is 0 Å². The number of ether oxygens (including phenoxy) is 3. The Balaban J connectivity index is 1.68. The molecule has 3 rings (SSSR count). The van der Waals surface area contributed by atoms with Gasteiger partial charge in [0.1, 0.15) is 12.6 Å². The summed E-state index contributed by atoms with van der Waals surface area (Å²) in [6.07, 6.45) is -0.479. The zero-order chi connectivity index (χ0) is 18.4. The summed E-state index contributed by atoms with van der Waals surface area (Å²) in [5.41, 5.74) is 0.928. The first-order valence-corrected chi connectivity index (χ1v) is 8.56. The number of amides is 1. The molecule has 0 fully saturated rings. The lowest BCUT2D eigenvalue weighted by molar-refractivity contribution is -0.148. The lowest BCUT2D eigenvalue weighted by Crippen LogP contribution is -2.51. The summed E-state index contributed by atoms with van der Waals surface area (Å²) in [5, 5.41) is 2.73. The van der Waals surface area contributed by atoms with E-state index >= 15 is 0 Å². The number of carbonyl (C=O) groups excluding carboxylic acids is 2. The summed E-state index contributed by atoms with van der Waals surface area (Å²) in [5.74, 6) is 0.229. The minimum absolute atomic E-state index is 0.0870. The molecule has 0 spiro atoms. The van der Waals surface area contributed by atoms with Crippen molar-refractivity contribution >= 4 is 11.9 Å². The molecule has 2 atom stereocenters. The zero-order valence-corrected chi connectivity index (χ0v) is 14.5. The molecule has 2 aromatic rings. The first-order valence-electron chi connectivity index (χ1n) is 8.56. The number of rotatable bonds is 6. The van der Waals surface area contributed by atoms with Crippen LogP contribution in [-0.2, 0) is 20.7 Å². The summed E-state index contributed by atoms with van der Waals surface area (Å²) in [6, 6.07) is 15.8. The topological polar surface area (TPSA) is 73.9 Å². The number of fused-ring (bicyclic) bond motifs is 1. The van der Waals surface area contributed by atoms with Gasteiger partial charge in [0.05, 0.1) is 6.61 Å². The van der Waals surface area contributed by atoms with Crippen LogP contribution in [0.1, 0.15) is 12.5 Å². The van der Waals surface area contributed by atoms with Crippen molar-refractivity contribution in [2.45, 2.75) is 25.5 Å². The fourth-order valence-corrected chi connectivity index (χ4v) is 2.70. The van der Waals surface area contributed by atoms with Crippen LogP contribution >= 0.6 is 0 Å². The number of nitrogens with one attached hydrogen (secondary N) is 1. The van der Waals surface area contributed by atoms with Gasteiger partial charge < -0.3 is 19.5 Å². The van der Waals surface area contributed by atoms with Crippen molar-refractivity contribution in [2.75, 3.05) is 13.2 Å². The standard InChI is InChI=1S/C20H21NO5/c1-2-24-20(23)15(12-14-8-4-3-5-9-14)21-19(22)18-13-25-16-10-6-7-11-17(16)26-18/h3-11,15,18H,2,12-13H2,1H3,(H,21,22)/t15-,18+/m0/s1. The Morgan fingerprint density at radius 3 is 2.54 bits per heavy atom. The fraction of sp³-hybridized carbons (Fsp3) is 0.300. The maximum atomic E-state index is 12.6. The van der Waals surface area contributed by atoms with E-state index in [0.717, 1.165) is 5.56 Å². The minimum Gasteiger partial charge on any atom is -0.485 e. The Morgan fingerprint density at radius 1 is 1.12 bits per heavy atom. The van der Waals surface area contributed by atoms with Crippen molar-refractivity contribution in [1.29, 1.82) is 0 Å². The van der Waals surface area contributed by atoms with Crippen LogP contribution in [0.5, 0.6) is 11.5 Å². The lowest BCUT2D eigenvalue weighted by atomic mass is 10.1. The fourth-order valence-electron chi connectivity index (χ4n) is 2.70. The number of carbonyl (C=O) groups is 2. The summed E-state index contributed by atoms with van der Waals surface area (Å²) < 4.78 is 16.4. The molecule has 136 valence electrons. The summed E-state index contributed by atoms with van der Waals surface area (Å²) >= 11 is 0. The van der Waals surface area contributed by atoms with E-state index in [9.17, 15) is 9.59 Å². The molecule has 0 unspecified atom stereocenters. The minimum atomic E-state index is -0.822. The van der Waals surface area contributed by atoms with Crippen LogP contribution in [0.25, 0.3) is 0 Å². The molecular weight excluding hydrogens is 334 g/mol. The van der Waals surface area contributed by atoms with Gasteiger partial charge in [-0.25, -0.2) is 4.79 Å². The lowest BCUT2D eigenvalue weighted by Gasteiger charge is -2.27. The number of hydrogen-bond acceptors (Lipinski definition) is 5. The second kappa shape index (κ2) is 8.38. The van der Waals surface area contributed by atoms with Crippen LogP contribution < -0.4 is 14.8 Å². The van der Waals surface area contributed by atoms with E-state index in [1.165, 1.54) is 0 Å². The smallest absolute Gasteiger partial charge is 0.328 e. The molecule has 6 nitrogen and oxygen atoms in total. The summed E-state index contributed by atoms with van der Waals surface area (Å²) in [6.45, 7) is 2.06. The first-order chi connectivity index (χ1) is 12.7. The van der Waals surface area contributed by atoms with Gasteiger partial charge in [-0.3, -0.25) is 4.79 Å². The third-order valence-corrected chi connectivity index (χ3v) is 3.97. The Bertz CT molecular complexity index is 762. The molecule has 1 aliphatic heterocycles. The van der Waals surface area contributed by atoms with Crippen molar-refractivity contribution < 1.29 is 23.8 Å². The van der Waals surface area contributed by atoms with Gasteiger partial charge in [0, 0.05) is 6.42 Å². The molecule has 0 radical (unpaired) electrons. The Kier molecular flexibility index (Phi) is 5.73. The first kappa shape index (κ1) is 17.8. The molecular formula is C20H21NO5. The van der Waals surface area contributed by atoms with E-state index < -0.39 is 24.0 Å². The van der Waals surface area contributed by atoms with E-state index in [4.69, 9.17) is 14.2 Å². The number of para-hydroxylation sites is 2. The predicted octanol–water partition coefficient (Wildman–Crippen LogP) is 2.12. The van der Waals surface area contributed by atoms with Gasteiger partial charge in [-0.1, -0.05) is 42.5 Å². The molecule has 2 aromatic carbocycles. The maximum Gasteiger partial charge on any atom is 0.328 e. The van der Waals surface area contributed by atoms with Crippen LogP contribution in [0.4, 0.5) is 0 Å². The number of esters is 1. The highest BCUT2D eigenvalue weighted by atomic mass is 16.6. The van der Waals surface area contributed by atoms with Gasteiger partial charge in [-0.2, -0.15) is 0 Å². The van der Waals surface area contributed by atoms with Gasteiger partial charge in [0.25, 0.3) is 5.91 Å². The molecule has 0 bridgehead atoms. The molecule has 0 saturated carbocycles. The average Bonchev–Trinajstić information content (AvgIpc) is 2.68. The quantitative estimate of drug-likeness (QED) is 0.804. The Morgan fingerprint density at radius 2 is 1.81 bits per heavy atom. The molecule has 26 heavy (non-hydrogen) atoms. The largest absolute Gasteiger partial charge is 0.485 e. The van der Waals surface area contributed by atoms with E-state index in [2.05, 4.69) is 5.32 Å². The predicted molar refractivity (Wildman–Crippen MR) is 95.1 cm³/mol. The highest BCUT2D eigenvalue weighted by molar-refractivity contribution is 5.87. The summed E-state index contributed by atoms with van der Waals surface area (Å²) in [7, 11) is 0. The molecule has 1 amide bonds. The van der Waals surface area contributed by atoms with Gasteiger partial charge in [-0.15, -0.1) is 0 Å². The van der Waals surface area contributed by atoms with E-state index in [-0.39, 0.29) is 13.2 Å². The van der Waals surface area contributed by atoms with Crippen molar-refractivity contribution in [3.05, 3.63) is 60.2 Å². The highest BCUT2D eigenvalue weighted by Gasteiger charge is 2.31. The molecule has 0 aliphatic carbocycles.